The molecule has 0 aliphatic heterocycles. The molecule has 0 unspecified atom stereocenters. The van der Waals surface area contributed by atoms with Crippen LogP contribution in [0.1, 0.15) is 51.2 Å². The van der Waals surface area contributed by atoms with Gasteiger partial charge in [0.1, 0.15) is 0 Å². The van der Waals surface area contributed by atoms with Crippen LogP contribution >= 0.6 is 0 Å². The summed E-state index contributed by atoms with van der Waals surface area (Å²) in [5.74, 6) is 0. The lowest BCUT2D eigenvalue weighted by Gasteiger charge is -2.31. The van der Waals surface area contributed by atoms with Gasteiger partial charge in [-0.05, 0) is 24.8 Å². The first-order chi connectivity index (χ1) is 10.2. The molecule has 3 heteroatoms. The molecule has 1 heterocycles. The molecular weight excluding hydrogens is 258 g/mol. The second kappa shape index (κ2) is 7.41. The first-order valence-corrected chi connectivity index (χ1v) is 8.01. The third-order valence-electron chi connectivity index (χ3n) is 4.57. The highest BCUT2D eigenvalue weighted by atomic mass is 15.3. The van der Waals surface area contributed by atoms with Crippen molar-refractivity contribution in [3.63, 3.8) is 0 Å². The summed E-state index contributed by atoms with van der Waals surface area (Å²) in [5.41, 5.74) is 2.80. The van der Waals surface area contributed by atoms with Crippen LogP contribution in [0.25, 0.3) is 0 Å². The van der Waals surface area contributed by atoms with Crippen LogP contribution in [0, 0.1) is 0 Å². The number of nitrogens with one attached hydrogen (secondary N) is 1. The molecule has 2 rings (SSSR count). The molecule has 0 saturated heterocycles. The zero-order valence-corrected chi connectivity index (χ0v) is 13.5. The van der Waals surface area contributed by atoms with Gasteiger partial charge >= 0.3 is 0 Å². The summed E-state index contributed by atoms with van der Waals surface area (Å²) in [6, 6.07) is 10.5. The molecule has 0 saturated carbocycles. The number of aromatic nitrogens is 2. The van der Waals surface area contributed by atoms with E-state index in [0.717, 1.165) is 32.4 Å². The number of rotatable bonds is 8. The van der Waals surface area contributed by atoms with E-state index >= 15 is 0 Å². The summed E-state index contributed by atoms with van der Waals surface area (Å²) >= 11 is 0. The lowest BCUT2D eigenvalue weighted by atomic mass is 9.90. The van der Waals surface area contributed by atoms with Crippen molar-refractivity contribution in [1.82, 2.24) is 15.1 Å². The zero-order valence-electron chi connectivity index (χ0n) is 13.5. The molecule has 0 atom stereocenters. The Labute approximate surface area is 128 Å². The molecule has 0 fully saturated rings. The molecule has 0 amide bonds. The highest BCUT2D eigenvalue weighted by molar-refractivity contribution is 5.15. The number of hydrogen-bond acceptors (Lipinski definition) is 2. The van der Waals surface area contributed by atoms with E-state index in [1.54, 1.807) is 0 Å². The van der Waals surface area contributed by atoms with E-state index in [4.69, 9.17) is 0 Å². The minimum Gasteiger partial charge on any atom is -0.307 e. The van der Waals surface area contributed by atoms with Gasteiger partial charge in [0.2, 0.25) is 0 Å². The van der Waals surface area contributed by atoms with Crippen LogP contribution in [0.2, 0.25) is 0 Å². The van der Waals surface area contributed by atoms with Gasteiger partial charge in [0, 0.05) is 23.8 Å². The van der Waals surface area contributed by atoms with E-state index in [1.807, 2.05) is 16.9 Å². The predicted octanol–water partition coefficient (Wildman–Crippen LogP) is 3.99. The summed E-state index contributed by atoms with van der Waals surface area (Å²) in [4.78, 5) is 0. The van der Waals surface area contributed by atoms with Crippen LogP contribution in [0.3, 0.4) is 0 Å². The van der Waals surface area contributed by atoms with Crippen LogP contribution in [-0.4, -0.2) is 15.3 Å². The fraction of sp³-hybridized carbons (Fsp3) is 0.500. The normalized spacial score (nSPS) is 11.8. The van der Waals surface area contributed by atoms with E-state index in [0.29, 0.717) is 0 Å². The lowest BCUT2D eigenvalue weighted by Crippen LogP contribution is -2.42. The summed E-state index contributed by atoms with van der Waals surface area (Å²) in [6.45, 7) is 8.52. The maximum absolute atomic E-state index is 4.47. The molecule has 0 aliphatic carbocycles. The van der Waals surface area contributed by atoms with Gasteiger partial charge in [-0.25, -0.2) is 0 Å². The molecular formula is C18H27N3. The van der Waals surface area contributed by atoms with E-state index in [-0.39, 0.29) is 5.54 Å². The molecule has 0 aliphatic rings. The average Bonchev–Trinajstić information content (AvgIpc) is 2.98. The zero-order chi connectivity index (χ0) is 15.1. The molecule has 114 valence electrons. The first kappa shape index (κ1) is 15.8. The van der Waals surface area contributed by atoms with Crippen LogP contribution in [-0.2, 0) is 13.1 Å². The van der Waals surface area contributed by atoms with Crippen molar-refractivity contribution >= 4 is 0 Å². The molecule has 2 aromatic rings. The van der Waals surface area contributed by atoms with Crippen molar-refractivity contribution in [2.24, 2.45) is 0 Å². The maximum Gasteiger partial charge on any atom is 0.0659 e. The third-order valence-corrected chi connectivity index (χ3v) is 4.57. The highest BCUT2D eigenvalue weighted by Crippen LogP contribution is 2.19. The molecule has 3 nitrogen and oxygen atoms in total. The van der Waals surface area contributed by atoms with Gasteiger partial charge in [0.15, 0.2) is 0 Å². The average molecular weight is 285 g/mol. The Kier molecular flexibility index (Phi) is 5.57. The third kappa shape index (κ3) is 4.18. The Morgan fingerprint density at radius 3 is 2.29 bits per heavy atom. The Morgan fingerprint density at radius 2 is 1.67 bits per heavy atom. The van der Waals surface area contributed by atoms with Gasteiger partial charge in [0.25, 0.3) is 0 Å². The van der Waals surface area contributed by atoms with Crippen molar-refractivity contribution < 1.29 is 0 Å². The minimum atomic E-state index is 0.265. The molecule has 1 aromatic carbocycles. The standard InChI is InChI=1S/C18H27N3/c1-4-18(5-2,6-3)19-12-17-13-20-21(15-17)14-16-10-8-7-9-11-16/h7-11,13,15,19H,4-6,12,14H2,1-3H3. The Balaban J connectivity index is 1.94. The molecule has 1 N–H and O–H groups in total. The number of hydrogen-bond donors (Lipinski definition) is 1. The topological polar surface area (TPSA) is 29.9 Å². The van der Waals surface area contributed by atoms with Crippen molar-refractivity contribution in [1.29, 1.82) is 0 Å². The van der Waals surface area contributed by atoms with Crippen molar-refractivity contribution in [3.8, 4) is 0 Å². The second-order valence-corrected chi connectivity index (χ2v) is 5.73. The molecule has 0 bridgehead atoms. The largest absolute Gasteiger partial charge is 0.307 e. The van der Waals surface area contributed by atoms with Crippen molar-refractivity contribution in [2.75, 3.05) is 0 Å². The number of benzene rings is 1. The van der Waals surface area contributed by atoms with Crippen molar-refractivity contribution in [3.05, 3.63) is 53.9 Å². The van der Waals surface area contributed by atoms with Crippen LogP contribution < -0.4 is 5.32 Å². The fourth-order valence-electron chi connectivity index (χ4n) is 2.77. The Hall–Kier alpha value is -1.61. The summed E-state index contributed by atoms with van der Waals surface area (Å²) in [5, 5.41) is 8.19. The predicted molar refractivity (Wildman–Crippen MR) is 88.2 cm³/mol. The van der Waals surface area contributed by atoms with Gasteiger partial charge in [-0.2, -0.15) is 5.10 Å². The fourth-order valence-corrected chi connectivity index (χ4v) is 2.77. The minimum absolute atomic E-state index is 0.265. The van der Waals surface area contributed by atoms with Crippen LogP contribution in [0.15, 0.2) is 42.7 Å². The van der Waals surface area contributed by atoms with E-state index in [9.17, 15) is 0 Å². The van der Waals surface area contributed by atoms with Crippen LogP contribution in [0.4, 0.5) is 0 Å². The summed E-state index contributed by atoms with van der Waals surface area (Å²) in [7, 11) is 0. The van der Waals surface area contributed by atoms with E-state index < -0.39 is 0 Å². The Bertz CT molecular complexity index is 518. The van der Waals surface area contributed by atoms with Gasteiger partial charge in [-0.1, -0.05) is 51.1 Å². The summed E-state index contributed by atoms with van der Waals surface area (Å²) < 4.78 is 2.01. The summed E-state index contributed by atoms with van der Waals surface area (Å²) in [6.07, 6.45) is 7.61. The van der Waals surface area contributed by atoms with E-state index in [1.165, 1.54) is 11.1 Å². The van der Waals surface area contributed by atoms with Gasteiger partial charge in [-0.3, -0.25) is 4.68 Å². The van der Waals surface area contributed by atoms with Gasteiger partial charge < -0.3 is 5.32 Å². The molecule has 0 spiro atoms. The molecule has 1 aromatic heterocycles. The SMILES string of the molecule is CCC(CC)(CC)NCc1cnn(Cc2ccccc2)c1. The Morgan fingerprint density at radius 1 is 1.00 bits per heavy atom. The quantitative estimate of drug-likeness (QED) is 0.795. The monoisotopic (exact) mass is 285 g/mol. The number of nitrogens with zero attached hydrogens (tertiary/aromatic N) is 2. The van der Waals surface area contributed by atoms with Crippen LogP contribution in [0.5, 0.6) is 0 Å². The smallest absolute Gasteiger partial charge is 0.0659 e. The lowest BCUT2D eigenvalue weighted by molar-refractivity contribution is 0.288. The molecule has 21 heavy (non-hydrogen) atoms. The van der Waals surface area contributed by atoms with Gasteiger partial charge in [-0.15, -0.1) is 0 Å². The first-order valence-electron chi connectivity index (χ1n) is 8.01. The maximum atomic E-state index is 4.47. The second-order valence-electron chi connectivity index (χ2n) is 5.73. The van der Waals surface area contributed by atoms with E-state index in [2.05, 4.69) is 61.6 Å². The van der Waals surface area contributed by atoms with Crippen molar-refractivity contribution in [2.45, 2.75) is 58.7 Å². The molecule has 0 radical (unpaired) electrons. The highest BCUT2D eigenvalue weighted by Gasteiger charge is 2.22. The van der Waals surface area contributed by atoms with Gasteiger partial charge in [0.05, 0.1) is 12.7 Å².